The number of ether oxygens (including phenoxy) is 2. The van der Waals surface area contributed by atoms with E-state index in [-0.39, 0.29) is 0 Å². The van der Waals surface area contributed by atoms with Crippen molar-refractivity contribution >= 4 is 80.0 Å². The Morgan fingerprint density at radius 2 is 0.487 bits per heavy atom. The normalized spacial score (nSPS) is 11.3. The highest BCUT2D eigenvalue weighted by Crippen LogP contribution is 2.48. The fourth-order valence-electron chi connectivity index (χ4n) is 9.79. The van der Waals surface area contributed by atoms with Crippen LogP contribution >= 0.6 is 0 Å². The number of hydrogen-bond donors (Lipinski definition) is 0. The van der Waals surface area contributed by atoms with E-state index >= 15 is 0 Å². The lowest BCUT2D eigenvalue weighted by molar-refractivity contribution is 0.478. The molecule has 4 nitrogen and oxygen atoms in total. The van der Waals surface area contributed by atoms with Crippen LogP contribution < -0.4 is 19.3 Å². The Bertz CT molecular complexity index is 3590. The molecule has 76 heavy (non-hydrogen) atoms. The Morgan fingerprint density at radius 1 is 0.224 bits per heavy atom. The first-order chi connectivity index (χ1) is 37.7. The zero-order chi connectivity index (χ0) is 50.9. The maximum atomic E-state index is 6.90. The van der Waals surface area contributed by atoms with Gasteiger partial charge < -0.3 is 19.3 Å². The van der Waals surface area contributed by atoms with Gasteiger partial charge in [-0.25, -0.2) is 0 Å². The van der Waals surface area contributed by atoms with E-state index in [1.165, 1.54) is 0 Å². The third-order valence-electron chi connectivity index (χ3n) is 13.5. The Hall–Kier alpha value is -10.2. The maximum Gasteiger partial charge on any atom is 0.136 e. The van der Waals surface area contributed by atoms with Gasteiger partial charge in [-0.2, -0.15) is 0 Å². The maximum absolute atomic E-state index is 6.90. The van der Waals surface area contributed by atoms with E-state index in [4.69, 9.17) is 9.47 Å². The van der Waals surface area contributed by atoms with E-state index in [0.717, 1.165) is 112 Å². The van der Waals surface area contributed by atoms with Gasteiger partial charge in [0.15, 0.2) is 0 Å². The highest BCUT2D eigenvalue weighted by molar-refractivity contribution is 6.10. The largest absolute Gasteiger partial charge is 0.457 e. The van der Waals surface area contributed by atoms with Crippen molar-refractivity contribution in [2.45, 2.75) is 0 Å². The Morgan fingerprint density at radius 3 is 0.803 bits per heavy atom. The minimum absolute atomic E-state index is 0.739. The molecule has 12 rings (SSSR count). The molecule has 12 aromatic rings. The molecule has 0 N–H and O–H groups in total. The summed E-state index contributed by atoms with van der Waals surface area (Å²) in [6.07, 6.45) is 8.57. The fourth-order valence-corrected chi connectivity index (χ4v) is 9.79. The van der Waals surface area contributed by atoms with Crippen molar-refractivity contribution in [1.29, 1.82) is 0 Å². The van der Waals surface area contributed by atoms with E-state index in [9.17, 15) is 0 Å². The summed E-state index contributed by atoms with van der Waals surface area (Å²) in [6, 6.07) is 101. The van der Waals surface area contributed by atoms with Gasteiger partial charge in [-0.3, -0.25) is 0 Å². The van der Waals surface area contributed by atoms with Crippen molar-refractivity contribution in [1.82, 2.24) is 0 Å². The van der Waals surface area contributed by atoms with Crippen molar-refractivity contribution in [3.63, 3.8) is 0 Å². The first kappa shape index (κ1) is 46.9. The number of anilines is 6. The second kappa shape index (κ2) is 21.9. The first-order valence-corrected chi connectivity index (χ1v) is 25.6. The summed E-state index contributed by atoms with van der Waals surface area (Å²) in [7, 11) is 0. The lowest BCUT2D eigenvalue weighted by Gasteiger charge is -2.25. The second-order valence-electron chi connectivity index (χ2n) is 18.5. The quantitative estimate of drug-likeness (QED) is 0.0956. The van der Waals surface area contributed by atoms with Crippen LogP contribution in [0.5, 0.6) is 23.0 Å². The van der Waals surface area contributed by atoms with Crippen LogP contribution in [-0.4, -0.2) is 0 Å². The van der Waals surface area contributed by atoms with Gasteiger partial charge in [-0.05, 0) is 153 Å². The molecule has 0 fully saturated rings. The first-order valence-electron chi connectivity index (χ1n) is 25.6. The number of fused-ring (bicyclic) bond motifs is 2. The predicted molar refractivity (Wildman–Crippen MR) is 320 cm³/mol. The number of para-hydroxylation sites is 4. The molecule has 12 aromatic carbocycles. The minimum atomic E-state index is 0.739. The van der Waals surface area contributed by atoms with Crippen LogP contribution in [0.3, 0.4) is 0 Å². The summed E-state index contributed by atoms with van der Waals surface area (Å²) in [6.45, 7) is 0. The van der Waals surface area contributed by atoms with Crippen LogP contribution in [0.15, 0.2) is 291 Å². The molecule has 0 heterocycles. The standard InChI is InChI=1S/C72H52N2O2/c1-5-19-59(20-6-1)73(60-21-7-2-8-22-60)63-43-33-53(34-44-63)29-31-55-37-47-65(48-38-55)75-69-51-41-57-17-13-15-27-67(57)71(69)72-68-28-16-14-18-58(68)42-52-70(72)76-66-49-39-56(40-50-66)32-30-54-35-45-64(46-36-54)74(61-23-9-3-10-24-61)62-25-11-4-12-26-62/h1-52H. The summed E-state index contributed by atoms with van der Waals surface area (Å²) in [4.78, 5) is 4.54. The van der Waals surface area contributed by atoms with E-state index in [1.807, 2.05) is 48.5 Å². The number of nitrogens with zero attached hydrogens (tertiary/aromatic N) is 2. The molecule has 0 saturated carbocycles. The molecular formula is C72H52N2O2. The Balaban J connectivity index is 0.786. The van der Waals surface area contributed by atoms with Crippen LogP contribution in [0.4, 0.5) is 34.1 Å². The molecule has 0 spiro atoms. The van der Waals surface area contributed by atoms with Crippen LogP contribution in [0, 0.1) is 0 Å². The molecule has 0 aliphatic rings. The van der Waals surface area contributed by atoms with Crippen LogP contribution in [0.1, 0.15) is 22.3 Å². The SMILES string of the molecule is C(=Cc1ccc(N(c2ccccc2)c2ccccc2)cc1)c1ccc(Oc2ccc3ccccc3c2-c2c(Oc3ccc(C=Cc4ccc(N(c5ccccc5)c5ccccc5)cc4)cc3)ccc3ccccc23)cc1. The lowest BCUT2D eigenvalue weighted by atomic mass is 9.92. The van der Waals surface area contributed by atoms with Crippen molar-refractivity contribution in [3.8, 4) is 34.1 Å². The summed E-state index contributed by atoms with van der Waals surface area (Å²) >= 11 is 0. The minimum Gasteiger partial charge on any atom is -0.457 e. The molecule has 362 valence electrons. The van der Waals surface area contributed by atoms with Crippen molar-refractivity contribution < 1.29 is 9.47 Å². The predicted octanol–water partition coefficient (Wildman–Crippen LogP) is 20.5. The Labute approximate surface area is 444 Å². The molecule has 0 radical (unpaired) electrons. The van der Waals surface area contributed by atoms with Gasteiger partial charge in [0.1, 0.15) is 23.0 Å². The lowest BCUT2D eigenvalue weighted by Crippen LogP contribution is -2.09. The summed E-state index contributed by atoms with van der Waals surface area (Å²) in [5.41, 5.74) is 12.9. The van der Waals surface area contributed by atoms with E-state index < -0.39 is 0 Å². The topological polar surface area (TPSA) is 24.9 Å². The summed E-state index contributed by atoms with van der Waals surface area (Å²) in [5.74, 6) is 2.96. The summed E-state index contributed by atoms with van der Waals surface area (Å²) in [5, 5.41) is 4.37. The summed E-state index contributed by atoms with van der Waals surface area (Å²) < 4.78 is 13.8. The van der Waals surface area contributed by atoms with Crippen molar-refractivity contribution in [3.05, 3.63) is 313 Å². The van der Waals surface area contributed by atoms with Crippen LogP contribution in [0.2, 0.25) is 0 Å². The van der Waals surface area contributed by atoms with Gasteiger partial charge in [0, 0.05) is 45.3 Å². The van der Waals surface area contributed by atoms with Crippen LogP contribution in [-0.2, 0) is 0 Å². The average molecular weight is 977 g/mol. The van der Waals surface area contributed by atoms with Crippen molar-refractivity contribution in [2.24, 2.45) is 0 Å². The van der Waals surface area contributed by atoms with Gasteiger partial charge in [0.05, 0.1) is 0 Å². The molecule has 0 amide bonds. The second-order valence-corrected chi connectivity index (χ2v) is 18.5. The highest BCUT2D eigenvalue weighted by Gasteiger charge is 2.21. The van der Waals surface area contributed by atoms with Gasteiger partial charge in [-0.15, -0.1) is 0 Å². The molecule has 0 aromatic heterocycles. The van der Waals surface area contributed by atoms with Gasteiger partial charge in [0.25, 0.3) is 0 Å². The number of benzene rings is 12. The molecule has 4 heteroatoms. The molecule has 0 atom stereocenters. The van der Waals surface area contributed by atoms with E-state index in [2.05, 4.69) is 277 Å². The number of rotatable bonds is 15. The van der Waals surface area contributed by atoms with E-state index in [1.54, 1.807) is 0 Å². The monoisotopic (exact) mass is 976 g/mol. The molecule has 0 bridgehead atoms. The molecule has 0 aliphatic carbocycles. The average Bonchev–Trinajstić information content (AvgIpc) is 3.51. The van der Waals surface area contributed by atoms with Gasteiger partial charge >= 0.3 is 0 Å². The van der Waals surface area contributed by atoms with Crippen molar-refractivity contribution in [2.75, 3.05) is 9.80 Å². The zero-order valence-electron chi connectivity index (χ0n) is 41.7. The zero-order valence-corrected chi connectivity index (χ0v) is 41.7. The smallest absolute Gasteiger partial charge is 0.136 e. The Kier molecular flexibility index (Phi) is 13.5. The third-order valence-corrected chi connectivity index (χ3v) is 13.5. The highest BCUT2D eigenvalue weighted by atomic mass is 16.5. The van der Waals surface area contributed by atoms with Crippen LogP contribution in [0.25, 0.3) is 57.0 Å². The van der Waals surface area contributed by atoms with Gasteiger partial charge in [0.2, 0.25) is 0 Å². The molecule has 0 unspecified atom stereocenters. The third kappa shape index (κ3) is 10.4. The number of hydrogen-bond acceptors (Lipinski definition) is 4. The molecule has 0 aliphatic heterocycles. The molecule has 0 saturated heterocycles. The molecular weight excluding hydrogens is 925 g/mol. The van der Waals surface area contributed by atoms with Gasteiger partial charge in [-0.1, -0.05) is 206 Å². The van der Waals surface area contributed by atoms with E-state index in [0.29, 0.717) is 0 Å². The fraction of sp³-hybridized carbons (Fsp3) is 0.